The minimum Gasteiger partial charge on any atom is -0.391 e. The van der Waals surface area contributed by atoms with Gasteiger partial charge in [-0.05, 0) is 6.92 Å². The second-order valence-corrected chi connectivity index (χ2v) is 4.75. The van der Waals surface area contributed by atoms with Gasteiger partial charge in [-0.3, -0.25) is 0 Å². The summed E-state index contributed by atoms with van der Waals surface area (Å²) in [4.78, 5) is 39.0. The standard InChI is InChI=1S/C11H15N7O3/c1-5(19)6(12)10(20)18(2,11(13)21)9-7-8(15-3-14-7)16-4-17-9/h3-6,19H,12H2,1-2H3,(H2-,13,14,15,16,17,21)/p+1/t5-,6+,18?/m1/s1. The lowest BCUT2D eigenvalue weighted by Gasteiger charge is -2.28. The molecule has 6 N–H and O–H groups in total. The molecule has 2 heterocycles. The van der Waals surface area contributed by atoms with Gasteiger partial charge < -0.3 is 21.6 Å². The molecule has 0 bridgehead atoms. The minimum absolute atomic E-state index is 0.0195. The number of nitrogens with two attached hydrogens (primary N) is 2. The number of carbonyl (C=O) groups excluding carboxylic acids is 2. The zero-order chi connectivity index (χ0) is 15.8. The molecule has 112 valence electrons. The molecule has 0 saturated carbocycles. The number of aromatic nitrogens is 4. The van der Waals surface area contributed by atoms with Gasteiger partial charge in [0.2, 0.25) is 0 Å². The number of rotatable bonds is 3. The molecular formula is C11H16N7O3+. The SMILES string of the molecule is C[C@@H](O)[C@H](N)C(=O)[N+](C)(C(N)=O)c1ncnc2nc[nH]c12. The number of imidazole rings is 1. The van der Waals surface area contributed by atoms with Gasteiger partial charge in [-0.15, -0.1) is 4.48 Å². The maximum absolute atomic E-state index is 12.5. The fourth-order valence-electron chi connectivity index (χ4n) is 1.91. The number of nitrogens with one attached hydrogen (secondary N) is 1. The molecule has 0 aliphatic carbocycles. The quantitative estimate of drug-likeness (QED) is 0.506. The van der Waals surface area contributed by atoms with E-state index in [1.807, 2.05) is 0 Å². The molecule has 10 heteroatoms. The number of hydrogen-bond donors (Lipinski definition) is 4. The van der Waals surface area contributed by atoms with Crippen molar-refractivity contribution >= 4 is 28.9 Å². The number of H-pyrrole nitrogens is 1. The second kappa shape index (κ2) is 5.16. The lowest BCUT2D eigenvalue weighted by atomic mass is 10.1. The zero-order valence-electron chi connectivity index (χ0n) is 11.5. The van der Waals surface area contributed by atoms with E-state index in [1.54, 1.807) is 0 Å². The van der Waals surface area contributed by atoms with E-state index in [0.29, 0.717) is 5.52 Å². The number of primary amides is 1. The molecule has 0 aromatic carbocycles. The number of urea groups is 1. The smallest absolute Gasteiger partial charge is 0.391 e. The van der Waals surface area contributed by atoms with Crippen molar-refractivity contribution in [3.8, 4) is 0 Å². The van der Waals surface area contributed by atoms with Crippen molar-refractivity contribution in [3.63, 3.8) is 0 Å². The van der Waals surface area contributed by atoms with Crippen LogP contribution in [0.2, 0.25) is 0 Å². The number of amides is 3. The molecule has 21 heavy (non-hydrogen) atoms. The summed E-state index contributed by atoms with van der Waals surface area (Å²) in [5.74, 6) is -0.766. The molecule has 0 spiro atoms. The highest BCUT2D eigenvalue weighted by molar-refractivity contribution is 6.11. The fraction of sp³-hybridized carbons (Fsp3) is 0.364. The minimum atomic E-state index is -1.30. The van der Waals surface area contributed by atoms with E-state index >= 15 is 0 Å². The van der Waals surface area contributed by atoms with Gasteiger partial charge >= 0.3 is 11.9 Å². The average Bonchev–Trinajstić information content (AvgIpc) is 2.92. The van der Waals surface area contributed by atoms with Crippen LogP contribution in [0.4, 0.5) is 10.6 Å². The number of aliphatic hydroxyl groups excluding tert-OH is 1. The van der Waals surface area contributed by atoms with Crippen LogP contribution in [-0.2, 0) is 4.79 Å². The number of likely N-dealkylation sites (N-methyl/N-ethyl adjacent to an activating group) is 1. The molecule has 3 atom stereocenters. The van der Waals surface area contributed by atoms with Crippen LogP contribution in [0.25, 0.3) is 11.2 Å². The first-order valence-electron chi connectivity index (χ1n) is 6.09. The van der Waals surface area contributed by atoms with E-state index in [-0.39, 0.29) is 11.5 Å². The molecule has 2 aromatic heterocycles. The number of aromatic amines is 1. The Hall–Kier alpha value is -2.43. The fourth-order valence-corrected chi connectivity index (χ4v) is 1.91. The van der Waals surface area contributed by atoms with Gasteiger partial charge in [0.25, 0.3) is 5.82 Å². The third-order valence-electron chi connectivity index (χ3n) is 3.31. The summed E-state index contributed by atoms with van der Waals surface area (Å²) in [6.07, 6.45) is 1.38. The highest BCUT2D eigenvalue weighted by Crippen LogP contribution is 2.26. The Labute approximate surface area is 119 Å². The molecule has 3 amide bonds. The number of fused-ring (bicyclic) bond motifs is 1. The van der Waals surface area contributed by atoms with E-state index in [4.69, 9.17) is 11.5 Å². The Balaban J connectivity index is 2.65. The molecule has 0 radical (unpaired) electrons. The summed E-state index contributed by atoms with van der Waals surface area (Å²) in [6.45, 7) is 1.35. The molecule has 2 aromatic rings. The Bertz CT molecular complexity index is 698. The Morgan fingerprint density at radius 1 is 1.38 bits per heavy atom. The highest BCUT2D eigenvalue weighted by atomic mass is 16.3. The van der Waals surface area contributed by atoms with Gasteiger partial charge in [0, 0.05) is 0 Å². The van der Waals surface area contributed by atoms with Gasteiger partial charge in [-0.2, -0.15) is 4.98 Å². The first-order chi connectivity index (χ1) is 9.80. The third-order valence-corrected chi connectivity index (χ3v) is 3.31. The molecule has 1 unspecified atom stereocenters. The Morgan fingerprint density at radius 2 is 2.05 bits per heavy atom. The van der Waals surface area contributed by atoms with Crippen molar-refractivity contribution in [1.82, 2.24) is 24.4 Å². The van der Waals surface area contributed by atoms with E-state index in [0.717, 1.165) is 0 Å². The summed E-state index contributed by atoms with van der Waals surface area (Å²) < 4.78 is -1.01. The largest absolute Gasteiger partial charge is 0.427 e. The predicted octanol–water partition coefficient (Wildman–Crippen LogP) is -1.40. The first kappa shape index (κ1) is 15.0. The number of carbonyl (C=O) groups is 2. The van der Waals surface area contributed by atoms with Crippen LogP contribution in [0, 0.1) is 0 Å². The summed E-state index contributed by atoms with van der Waals surface area (Å²) in [7, 11) is 1.26. The molecular weight excluding hydrogens is 278 g/mol. The Morgan fingerprint density at radius 3 is 2.62 bits per heavy atom. The van der Waals surface area contributed by atoms with Crippen LogP contribution >= 0.6 is 0 Å². The van der Waals surface area contributed by atoms with Crippen LogP contribution < -0.4 is 16.0 Å². The van der Waals surface area contributed by atoms with Gasteiger partial charge in [0.05, 0.1) is 19.5 Å². The normalized spacial score (nSPS) is 17.1. The highest BCUT2D eigenvalue weighted by Gasteiger charge is 2.48. The monoisotopic (exact) mass is 294 g/mol. The predicted molar refractivity (Wildman–Crippen MR) is 73.6 cm³/mol. The summed E-state index contributed by atoms with van der Waals surface area (Å²) >= 11 is 0. The third kappa shape index (κ3) is 2.24. The summed E-state index contributed by atoms with van der Waals surface area (Å²) in [5, 5.41) is 9.50. The second-order valence-electron chi connectivity index (χ2n) is 4.75. The van der Waals surface area contributed by atoms with Crippen molar-refractivity contribution in [2.45, 2.75) is 19.1 Å². The van der Waals surface area contributed by atoms with E-state index in [1.165, 1.54) is 26.6 Å². The van der Waals surface area contributed by atoms with Crippen molar-refractivity contribution in [3.05, 3.63) is 12.7 Å². The van der Waals surface area contributed by atoms with Crippen molar-refractivity contribution < 1.29 is 14.7 Å². The Kier molecular flexibility index (Phi) is 3.68. The topological polar surface area (TPSA) is 161 Å². The van der Waals surface area contributed by atoms with Crippen LogP contribution in [0.1, 0.15) is 6.92 Å². The molecule has 0 saturated heterocycles. The maximum atomic E-state index is 12.5. The number of hydrogen-bond acceptors (Lipinski definition) is 7. The van der Waals surface area contributed by atoms with E-state index in [2.05, 4.69) is 19.9 Å². The molecule has 2 rings (SSSR count). The van der Waals surface area contributed by atoms with Crippen molar-refractivity contribution in [2.24, 2.45) is 11.5 Å². The van der Waals surface area contributed by atoms with Crippen LogP contribution in [0.5, 0.6) is 0 Å². The zero-order valence-corrected chi connectivity index (χ0v) is 11.5. The van der Waals surface area contributed by atoms with Crippen LogP contribution in [0.3, 0.4) is 0 Å². The summed E-state index contributed by atoms with van der Waals surface area (Å²) in [5.41, 5.74) is 11.6. The average molecular weight is 294 g/mol. The number of imide groups is 1. The number of quaternary nitrogens is 1. The maximum Gasteiger partial charge on any atom is 0.427 e. The van der Waals surface area contributed by atoms with Crippen LogP contribution in [0.15, 0.2) is 12.7 Å². The van der Waals surface area contributed by atoms with Crippen molar-refractivity contribution in [1.29, 1.82) is 0 Å². The molecule has 10 nitrogen and oxygen atoms in total. The molecule has 0 aliphatic rings. The molecule has 0 fully saturated rings. The van der Waals surface area contributed by atoms with Crippen LogP contribution in [-0.4, -0.2) is 56.2 Å². The number of nitrogens with zero attached hydrogens (tertiary/aromatic N) is 4. The number of aliphatic hydroxyl groups is 1. The lowest BCUT2D eigenvalue weighted by Crippen LogP contribution is -2.65. The molecule has 0 aliphatic heterocycles. The van der Waals surface area contributed by atoms with E-state index in [9.17, 15) is 14.7 Å². The van der Waals surface area contributed by atoms with Crippen molar-refractivity contribution in [2.75, 3.05) is 7.05 Å². The lowest BCUT2D eigenvalue weighted by molar-refractivity contribution is -0.130. The van der Waals surface area contributed by atoms with Gasteiger partial charge in [-0.1, -0.05) is 0 Å². The van der Waals surface area contributed by atoms with Gasteiger partial charge in [0.15, 0.2) is 11.2 Å². The summed E-state index contributed by atoms with van der Waals surface area (Å²) in [6, 6.07) is -2.28. The van der Waals surface area contributed by atoms with E-state index < -0.39 is 28.6 Å². The first-order valence-corrected chi connectivity index (χ1v) is 6.09. The van der Waals surface area contributed by atoms with Gasteiger partial charge in [0.1, 0.15) is 12.4 Å². The van der Waals surface area contributed by atoms with Gasteiger partial charge in [-0.25, -0.2) is 19.6 Å².